The van der Waals surface area contributed by atoms with Crippen LogP contribution in [-0.2, 0) is 11.8 Å². The van der Waals surface area contributed by atoms with Crippen molar-refractivity contribution < 1.29 is 0 Å². The van der Waals surface area contributed by atoms with Crippen molar-refractivity contribution in [3.63, 3.8) is 0 Å². The SMILES string of the molecule is CSCCN1CCC(Cc2cc(C(C)(C)C)ncn2)CC1. The van der Waals surface area contributed by atoms with Crippen LogP contribution in [0.1, 0.15) is 45.0 Å². The second-order valence-electron chi connectivity index (χ2n) is 7.13. The minimum absolute atomic E-state index is 0.110. The lowest BCUT2D eigenvalue weighted by molar-refractivity contribution is 0.193. The van der Waals surface area contributed by atoms with E-state index in [1.54, 1.807) is 6.33 Å². The first-order valence-corrected chi connectivity index (χ1v) is 9.41. The summed E-state index contributed by atoms with van der Waals surface area (Å²) >= 11 is 1.94. The van der Waals surface area contributed by atoms with Gasteiger partial charge in [-0.2, -0.15) is 11.8 Å². The molecule has 1 aliphatic rings. The van der Waals surface area contributed by atoms with Crippen molar-refractivity contribution in [2.24, 2.45) is 5.92 Å². The molecule has 2 heterocycles. The first-order chi connectivity index (χ1) is 9.99. The summed E-state index contributed by atoms with van der Waals surface area (Å²) in [4.78, 5) is 11.5. The van der Waals surface area contributed by atoms with Gasteiger partial charge in [-0.1, -0.05) is 20.8 Å². The molecule has 0 amide bonds. The molecule has 1 aliphatic heterocycles. The van der Waals surface area contributed by atoms with Crippen molar-refractivity contribution in [2.75, 3.05) is 31.6 Å². The second kappa shape index (κ2) is 7.59. The van der Waals surface area contributed by atoms with Crippen molar-refractivity contribution >= 4 is 11.8 Å². The largest absolute Gasteiger partial charge is 0.302 e. The van der Waals surface area contributed by atoms with Crippen LogP contribution in [0.3, 0.4) is 0 Å². The van der Waals surface area contributed by atoms with Crippen LogP contribution in [0, 0.1) is 5.92 Å². The molecule has 0 N–H and O–H groups in total. The fourth-order valence-corrected chi connectivity index (χ4v) is 3.29. The van der Waals surface area contributed by atoms with E-state index in [2.05, 4.69) is 48.0 Å². The van der Waals surface area contributed by atoms with Gasteiger partial charge in [0.2, 0.25) is 0 Å². The van der Waals surface area contributed by atoms with Crippen LogP contribution in [0.4, 0.5) is 0 Å². The van der Waals surface area contributed by atoms with E-state index < -0.39 is 0 Å². The van der Waals surface area contributed by atoms with E-state index in [4.69, 9.17) is 0 Å². The Hall–Kier alpha value is -0.610. The molecule has 0 radical (unpaired) electrons. The number of piperidine rings is 1. The monoisotopic (exact) mass is 307 g/mol. The van der Waals surface area contributed by atoms with Gasteiger partial charge in [-0.25, -0.2) is 9.97 Å². The van der Waals surface area contributed by atoms with Crippen LogP contribution in [0.25, 0.3) is 0 Å². The predicted octanol–water partition coefficient (Wildman–Crippen LogP) is 3.39. The molecule has 0 aliphatic carbocycles. The van der Waals surface area contributed by atoms with Gasteiger partial charge in [-0.05, 0) is 50.6 Å². The number of hydrogen-bond donors (Lipinski definition) is 0. The average Bonchev–Trinajstić information content (AvgIpc) is 2.46. The molecule has 3 nitrogen and oxygen atoms in total. The van der Waals surface area contributed by atoms with Crippen LogP contribution in [0.2, 0.25) is 0 Å². The third-order valence-electron chi connectivity index (χ3n) is 4.31. The molecular weight excluding hydrogens is 278 g/mol. The number of aromatic nitrogens is 2. The molecule has 1 aromatic heterocycles. The average molecular weight is 308 g/mol. The zero-order valence-corrected chi connectivity index (χ0v) is 14.7. The molecule has 0 spiro atoms. The maximum Gasteiger partial charge on any atom is 0.115 e. The Balaban J connectivity index is 1.86. The van der Waals surface area contributed by atoms with Gasteiger partial charge in [0.25, 0.3) is 0 Å². The van der Waals surface area contributed by atoms with Crippen molar-refractivity contribution in [3.8, 4) is 0 Å². The Labute approximate surface area is 133 Å². The summed E-state index contributed by atoms with van der Waals surface area (Å²) in [6, 6.07) is 2.21. The first-order valence-electron chi connectivity index (χ1n) is 8.01. The van der Waals surface area contributed by atoms with Crippen LogP contribution in [-0.4, -0.2) is 46.5 Å². The van der Waals surface area contributed by atoms with Crippen molar-refractivity contribution in [3.05, 3.63) is 23.8 Å². The lowest BCUT2D eigenvalue weighted by Gasteiger charge is -2.31. The van der Waals surface area contributed by atoms with Crippen LogP contribution in [0.5, 0.6) is 0 Å². The molecule has 0 bridgehead atoms. The standard InChI is InChI=1S/C17H29N3S/c1-17(2,3)16-12-15(18-13-19-16)11-14-5-7-20(8-6-14)9-10-21-4/h12-14H,5-11H2,1-4H3. The molecule has 21 heavy (non-hydrogen) atoms. The predicted molar refractivity (Wildman–Crippen MR) is 92.0 cm³/mol. The van der Waals surface area contributed by atoms with Gasteiger partial charge < -0.3 is 4.90 Å². The second-order valence-corrected chi connectivity index (χ2v) is 8.11. The van der Waals surface area contributed by atoms with Gasteiger partial charge in [0.15, 0.2) is 0 Å². The lowest BCUT2D eigenvalue weighted by atomic mass is 9.89. The summed E-state index contributed by atoms with van der Waals surface area (Å²) in [5.74, 6) is 2.05. The Kier molecular flexibility index (Phi) is 6.06. The molecule has 0 unspecified atom stereocenters. The molecule has 1 saturated heterocycles. The van der Waals surface area contributed by atoms with Crippen LogP contribution >= 0.6 is 11.8 Å². The Morgan fingerprint density at radius 1 is 1.24 bits per heavy atom. The lowest BCUT2D eigenvalue weighted by Crippen LogP contribution is -2.35. The van der Waals surface area contributed by atoms with Gasteiger partial charge in [0.1, 0.15) is 6.33 Å². The minimum Gasteiger partial charge on any atom is -0.302 e. The van der Waals surface area contributed by atoms with Crippen molar-refractivity contribution in [1.29, 1.82) is 0 Å². The van der Waals surface area contributed by atoms with E-state index in [-0.39, 0.29) is 5.41 Å². The molecule has 118 valence electrons. The Morgan fingerprint density at radius 3 is 2.57 bits per heavy atom. The van der Waals surface area contributed by atoms with Gasteiger partial charge in [0, 0.05) is 29.1 Å². The smallest absolute Gasteiger partial charge is 0.115 e. The summed E-state index contributed by atoms with van der Waals surface area (Å²) in [6.07, 6.45) is 7.66. The first kappa shape index (κ1) is 16.8. The summed E-state index contributed by atoms with van der Waals surface area (Å²) in [5.41, 5.74) is 2.49. The summed E-state index contributed by atoms with van der Waals surface area (Å²) in [6.45, 7) is 10.4. The van der Waals surface area contributed by atoms with Gasteiger partial charge >= 0.3 is 0 Å². The molecule has 1 aromatic rings. The highest BCUT2D eigenvalue weighted by atomic mass is 32.2. The summed E-state index contributed by atoms with van der Waals surface area (Å²) in [7, 11) is 0. The fourth-order valence-electron chi connectivity index (χ4n) is 2.85. The van der Waals surface area contributed by atoms with Crippen LogP contribution < -0.4 is 0 Å². The highest BCUT2D eigenvalue weighted by Gasteiger charge is 2.21. The normalized spacial score (nSPS) is 18.1. The topological polar surface area (TPSA) is 29.0 Å². The van der Waals surface area contributed by atoms with Gasteiger partial charge in [-0.15, -0.1) is 0 Å². The fraction of sp³-hybridized carbons (Fsp3) is 0.765. The van der Waals surface area contributed by atoms with E-state index >= 15 is 0 Å². The highest BCUT2D eigenvalue weighted by molar-refractivity contribution is 7.98. The summed E-state index contributed by atoms with van der Waals surface area (Å²) < 4.78 is 0. The number of nitrogens with zero attached hydrogens (tertiary/aromatic N) is 3. The molecule has 0 saturated carbocycles. The number of likely N-dealkylation sites (tertiary alicyclic amines) is 1. The third-order valence-corrected chi connectivity index (χ3v) is 4.90. The molecule has 0 aromatic carbocycles. The van der Waals surface area contributed by atoms with E-state index in [1.807, 2.05) is 11.8 Å². The number of thioether (sulfide) groups is 1. The third kappa shape index (κ3) is 5.26. The molecule has 1 fully saturated rings. The minimum atomic E-state index is 0.110. The number of rotatable bonds is 5. The number of hydrogen-bond acceptors (Lipinski definition) is 4. The van der Waals surface area contributed by atoms with Gasteiger partial charge in [0.05, 0.1) is 0 Å². The quantitative estimate of drug-likeness (QED) is 0.834. The maximum atomic E-state index is 4.49. The highest BCUT2D eigenvalue weighted by Crippen LogP contribution is 2.24. The van der Waals surface area contributed by atoms with E-state index in [9.17, 15) is 0 Å². The molecule has 2 rings (SSSR count). The van der Waals surface area contributed by atoms with E-state index in [0.29, 0.717) is 0 Å². The molecule has 4 heteroatoms. The molecule has 0 atom stereocenters. The Bertz CT molecular complexity index is 434. The van der Waals surface area contributed by atoms with E-state index in [0.717, 1.165) is 18.0 Å². The summed E-state index contributed by atoms with van der Waals surface area (Å²) in [5, 5.41) is 0. The van der Waals surface area contributed by atoms with Gasteiger partial charge in [-0.3, -0.25) is 0 Å². The Morgan fingerprint density at radius 2 is 1.95 bits per heavy atom. The van der Waals surface area contributed by atoms with Crippen molar-refractivity contribution in [2.45, 2.75) is 45.4 Å². The zero-order chi connectivity index (χ0) is 15.3. The van der Waals surface area contributed by atoms with Crippen molar-refractivity contribution in [1.82, 2.24) is 14.9 Å². The maximum absolute atomic E-state index is 4.49. The molecular formula is C17H29N3S. The van der Waals surface area contributed by atoms with E-state index in [1.165, 1.54) is 43.9 Å². The van der Waals surface area contributed by atoms with Crippen LogP contribution in [0.15, 0.2) is 12.4 Å². The zero-order valence-electron chi connectivity index (χ0n) is 13.9.